The van der Waals surface area contributed by atoms with Gasteiger partial charge in [0.15, 0.2) is 6.29 Å². The highest BCUT2D eigenvalue weighted by atomic mass is 16.6. The van der Waals surface area contributed by atoms with E-state index in [1.165, 1.54) is 31.3 Å². The summed E-state index contributed by atoms with van der Waals surface area (Å²) in [6.45, 7) is 7.83. The predicted octanol–water partition coefficient (Wildman–Crippen LogP) is 3.11. The van der Waals surface area contributed by atoms with E-state index in [9.17, 15) is 5.11 Å². The zero-order valence-corrected chi connectivity index (χ0v) is 11.2. The maximum atomic E-state index is 10.1. The van der Waals surface area contributed by atoms with Crippen LogP contribution in [0.1, 0.15) is 46.5 Å². The minimum Gasteiger partial charge on any atom is -0.367 e. The lowest BCUT2D eigenvalue weighted by molar-refractivity contribution is -0.139. The summed E-state index contributed by atoms with van der Waals surface area (Å²) in [7, 11) is 0. The molecule has 0 aromatic heterocycles. The van der Waals surface area contributed by atoms with Crippen molar-refractivity contribution in [2.24, 2.45) is 22.7 Å². The normalized spacial score (nSPS) is 48.2. The molecule has 0 aromatic rings. The maximum absolute atomic E-state index is 10.1. The summed E-state index contributed by atoms with van der Waals surface area (Å²) in [5.74, 6) is 0.940. The second kappa shape index (κ2) is 3.58. The Kier molecular flexibility index (Phi) is 2.47. The van der Waals surface area contributed by atoms with Gasteiger partial charge in [-0.25, -0.2) is 0 Å². The van der Waals surface area contributed by atoms with Gasteiger partial charge in [-0.3, -0.25) is 0 Å². The molecule has 2 aliphatic carbocycles. The molecular formula is C15H24O2. The molecule has 1 saturated carbocycles. The lowest BCUT2D eigenvalue weighted by Crippen LogP contribution is -2.50. The summed E-state index contributed by atoms with van der Waals surface area (Å²) in [5.41, 5.74) is 1.99. The summed E-state index contributed by atoms with van der Waals surface area (Å²) >= 11 is 0. The van der Waals surface area contributed by atoms with Crippen LogP contribution in [0.2, 0.25) is 0 Å². The molecule has 1 N–H and O–H groups in total. The first kappa shape index (κ1) is 11.7. The SMILES string of the molecule is CC1(C)CCC[C@]2(C)[C@@H]3C(=CC[C@@H]12)CO[C@@H]3O. The van der Waals surface area contributed by atoms with Gasteiger partial charge in [-0.05, 0) is 41.6 Å². The van der Waals surface area contributed by atoms with Crippen LogP contribution >= 0.6 is 0 Å². The van der Waals surface area contributed by atoms with Gasteiger partial charge >= 0.3 is 0 Å². The fourth-order valence-electron chi connectivity index (χ4n) is 4.88. The van der Waals surface area contributed by atoms with E-state index in [0.717, 1.165) is 0 Å². The molecule has 1 saturated heterocycles. The van der Waals surface area contributed by atoms with E-state index in [1.807, 2.05) is 0 Å². The summed E-state index contributed by atoms with van der Waals surface area (Å²) in [6, 6.07) is 0. The summed E-state index contributed by atoms with van der Waals surface area (Å²) < 4.78 is 5.47. The van der Waals surface area contributed by atoms with E-state index in [4.69, 9.17) is 4.74 Å². The fourth-order valence-corrected chi connectivity index (χ4v) is 4.88. The molecule has 1 aliphatic heterocycles. The smallest absolute Gasteiger partial charge is 0.162 e. The Labute approximate surface area is 104 Å². The number of aliphatic hydroxyl groups is 1. The van der Waals surface area contributed by atoms with Gasteiger partial charge in [-0.15, -0.1) is 0 Å². The molecule has 2 nitrogen and oxygen atoms in total. The first-order valence-electron chi connectivity index (χ1n) is 6.94. The van der Waals surface area contributed by atoms with Crippen molar-refractivity contribution in [1.29, 1.82) is 0 Å². The van der Waals surface area contributed by atoms with Crippen LogP contribution in [-0.2, 0) is 4.74 Å². The summed E-state index contributed by atoms with van der Waals surface area (Å²) in [6.07, 6.45) is 6.80. The third kappa shape index (κ3) is 1.53. The Bertz CT molecular complexity index is 358. The topological polar surface area (TPSA) is 29.5 Å². The molecule has 1 heterocycles. The van der Waals surface area contributed by atoms with E-state index in [0.29, 0.717) is 17.9 Å². The third-order valence-corrected chi connectivity index (χ3v) is 5.71. The summed E-state index contributed by atoms with van der Waals surface area (Å²) in [5, 5.41) is 10.1. The Balaban J connectivity index is 2.02. The number of hydrogen-bond donors (Lipinski definition) is 1. The van der Waals surface area contributed by atoms with Crippen molar-refractivity contribution < 1.29 is 9.84 Å². The number of ether oxygens (including phenoxy) is 1. The van der Waals surface area contributed by atoms with E-state index in [1.54, 1.807) is 0 Å². The van der Waals surface area contributed by atoms with Crippen LogP contribution in [0.15, 0.2) is 11.6 Å². The standard InChI is InChI=1S/C15H24O2/c1-14(2)7-4-8-15(3)11(14)6-5-10-9-17-13(16)12(10)15/h5,11-13,16H,4,6-9H2,1-3H3/t11-,12+,13-,15-/m0/s1. The van der Waals surface area contributed by atoms with Gasteiger partial charge in [-0.1, -0.05) is 33.3 Å². The van der Waals surface area contributed by atoms with Gasteiger partial charge in [0, 0.05) is 5.92 Å². The Hall–Kier alpha value is -0.340. The highest BCUT2D eigenvalue weighted by molar-refractivity contribution is 5.23. The minimum atomic E-state index is -0.567. The maximum Gasteiger partial charge on any atom is 0.162 e. The second-order valence-electron chi connectivity index (χ2n) is 7.09. The predicted molar refractivity (Wildman–Crippen MR) is 67.4 cm³/mol. The summed E-state index contributed by atoms with van der Waals surface area (Å²) in [4.78, 5) is 0. The average molecular weight is 236 g/mol. The van der Waals surface area contributed by atoms with Crippen molar-refractivity contribution in [2.75, 3.05) is 6.61 Å². The molecule has 3 rings (SSSR count). The van der Waals surface area contributed by atoms with Gasteiger partial charge in [-0.2, -0.15) is 0 Å². The van der Waals surface area contributed by atoms with Gasteiger partial charge in [0.2, 0.25) is 0 Å². The molecule has 0 aromatic carbocycles. The lowest BCUT2D eigenvalue weighted by Gasteiger charge is -2.56. The molecular weight excluding hydrogens is 212 g/mol. The van der Waals surface area contributed by atoms with Crippen LogP contribution in [0.25, 0.3) is 0 Å². The molecule has 2 fully saturated rings. The van der Waals surface area contributed by atoms with Gasteiger partial charge in [0.25, 0.3) is 0 Å². The molecule has 96 valence electrons. The van der Waals surface area contributed by atoms with Crippen molar-refractivity contribution in [2.45, 2.75) is 52.7 Å². The van der Waals surface area contributed by atoms with Crippen molar-refractivity contribution in [3.05, 3.63) is 11.6 Å². The number of rotatable bonds is 0. The molecule has 3 aliphatic rings. The first-order valence-corrected chi connectivity index (χ1v) is 6.94. The molecule has 2 heteroatoms. The van der Waals surface area contributed by atoms with Crippen LogP contribution in [0.3, 0.4) is 0 Å². The Morgan fingerprint density at radius 3 is 2.82 bits per heavy atom. The largest absolute Gasteiger partial charge is 0.367 e. The molecule has 0 unspecified atom stereocenters. The highest BCUT2D eigenvalue weighted by Crippen LogP contribution is 2.61. The molecule has 4 atom stereocenters. The lowest BCUT2D eigenvalue weighted by atomic mass is 9.49. The van der Waals surface area contributed by atoms with E-state index < -0.39 is 6.29 Å². The van der Waals surface area contributed by atoms with Crippen LogP contribution in [0, 0.1) is 22.7 Å². The van der Waals surface area contributed by atoms with Crippen LogP contribution in [-0.4, -0.2) is 18.0 Å². The Morgan fingerprint density at radius 1 is 1.29 bits per heavy atom. The molecule has 0 spiro atoms. The van der Waals surface area contributed by atoms with E-state index >= 15 is 0 Å². The van der Waals surface area contributed by atoms with Gasteiger partial charge in [0.05, 0.1) is 6.61 Å². The first-order chi connectivity index (χ1) is 7.95. The van der Waals surface area contributed by atoms with E-state index in [-0.39, 0.29) is 11.3 Å². The third-order valence-electron chi connectivity index (χ3n) is 5.71. The quantitative estimate of drug-likeness (QED) is 0.655. The molecule has 0 radical (unpaired) electrons. The number of aliphatic hydroxyl groups excluding tert-OH is 1. The van der Waals surface area contributed by atoms with Crippen LogP contribution in [0.4, 0.5) is 0 Å². The van der Waals surface area contributed by atoms with Crippen molar-refractivity contribution in [1.82, 2.24) is 0 Å². The second-order valence-corrected chi connectivity index (χ2v) is 7.09. The fraction of sp³-hybridized carbons (Fsp3) is 0.867. The van der Waals surface area contributed by atoms with Crippen molar-refractivity contribution in [3.63, 3.8) is 0 Å². The van der Waals surface area contributed by atoms with Gasteiger partial charge < -0.3 is 9.84 Å². The highest BCUT2D eigenvalue weighted by Gasteiger charge is 2.56. The Morgan fingerprint density at radius 2 is 2.06 bits per heavy atom. The van der Waals surface area contributed by atoms with Crippen molar-refractivity contribution >= 4 is 0 Å². The van der Waals surface area contributed by atoms with Gasteiger partial charge in [0.1, 0.15) is 0 Å². The van der Waals surface area contributed by atoms with Crippen molar-refractivity contribution in [3.8, 4) is 0 Å². The molecule has 0 amide bonds. The minimum absolute atomic E-state index is 0.238. The molecule has 17 heavy (non-hydrogen) atoms. The number of hydrogen-bond acceptors (Lipinski definition) is 2. The van der Waals surface area contributed by atoms with Crippen LogP contribution in [0.5, 0.6) is 0 Å². The monoisotopic (exact) mass is 236 g/mol. The number of fused-ring (bicyclic) bond motifs is 3. The van der Waals surface area contributed by atoms with E-state index in [2.05, 4.69) is 26.8 Å². The molecule has 0 bridgehead atoms. The number of allylic oxidation sites excluding steroid dienone is 1. The van der Waals surface area contributed by atoms with Crippen LogP contribution < -0.4 is 0 Å². The zero-order valence-electron chi connectivity index (χ0n) is 11.2. The average Bonchev–Trinajstić information content (AvgIpc) is 2.60. The zero-order chi connectivity index (χ0) is 12.3.